The van der Waals surface area contributed by atoms with Crippen molar-refractivity contribution in [3.63, 3.8) is 0 Å². The Balaban J connectivity index is 2.49. The number of rotatable bonds is 0. The van der Waals surface area contributed by atoms with Crippen molar-refractivity contribution >= 4 is 21.7 Å². The molecule has 0 bridgehead atoms. The van der Waals surface area contributed by atoms with Gasteiger partial charge in [-0.05, 0) is 24.5 Å². The van der Waals surface area contributed by atoms with Gasteiger partial charge in [0.15, 0.2) is 5.78 Å². The van der Waals surface area contributed by atoms with E-state index in [1.165, 1.54) is 0 Å². The molecule has 1 heterocycles. The Hall–Kier alpha value is -0.700. The van der Waals surface area contributed by atoms with Crippen LogP contribution in [-0.4, -0.2) is 15.6 Å². The van der Waals surface area contributed by atoms with Crippen molar-refractivity contribution in [1.82, 2.24) is 4.98 Å². The van der Waals surface area contributed by atoms with Gasteiger partial charge in [0.05, 0.1) is 4.83 Å². The van der Waals surface area contributed by atoms with Crippen LogP contribution in [0.5, 0.6) is 0 Å². The molecule has 0 radical (unpaired) electrons. The molecule has 12 heavy (non-hydrogen) atoms. The highest BCUT2D eigenvalue weighted by Gasteiger charge is 2.24. The fourth-order valence-electron chi connectivity index (χ4n) is 1.45. The minimum Gasteiger partial charge on any atom is -0.293 e. The van der Waals surface area contributed by atoms with Gasteiger partial charge in [0.2, 0.25) is 0 Å². The fourth-order valence-corrected chi connectivity index (χ4v) is 1.92. The second-order valence-corrected chi connectivity index (χ2v) is 4.01. The number of hydrogen-bond donors (Lipinski definition) is 0. The van der Waals surface area contributed by atoms with Gasteiger partial charge in [0.1, 0.15) is 0 Å². The summed E-state index contributed by atoms with van der Waals surface area (Å²) in [5, 5.41) is 0. The summed E-state index contributed by atoms with van der Waals surface area (Å²) < 4.78 is 0. The summed E-state index contributed by atoms with van der Waals surface area (Å²) in [6, 6.07) is 1.92. The average molecular weight is 226 g/mol. The molecule has 0 spiro atoms. The van der Waals surface area contributed by atoms with E-state index >= 15 is 0 Å². The highest BCUT2D eigenvalue weighted by Crippen LogP contribution is 2.24. The lowest BCUT2D eigenvalue weighted by Crippen LogP contribution is -2.22. The first-order chi connectivity index (χ1) is 5.79. The minimum atomic E-state index is -0.00537. The first-order valence-electron chi connectivity index (χ1n) is 3.90. The van der Waals surface area contributed by atoms with Crippen molar-refractivity contribution in [2.75, 3.05) is 0 Å². The molecule has 2 nitrogen and oxygen atoms in total. The number of alkyl halides is 1. The molecule has 0 saturated heterocycles. The molecule has 1 aromatic heterocycles. The van der Waals surface area contributed by atoms with Crippen molar-refractivity contribution in [2.24, 2.45) is 0 Å². The molecule has 62 valence electrons. The molecule has 2 rings (SSSR count). The molecule has 0 fully saturated rings. The van der Waals surface area contributed by atoms with Gasteiger partial charge >= 0.3 is 0 Å². The quantitative estimate of drug-likeness (QED) is 0.633. The monoisotopic (exact) mass is 225 g/mol. The molecule has 0 saturated carbocycles. The number of Topliss-reactive ketones (excluding diaryl/α,β-unsaturated/α-hetero) is 1. The minimum absolute atomic E-state index is 0.00537. The number of halogens is 1. The molecule has 1 aliphatic rings. The van der Waals surface area contributed by atoms with Gasteiger partial charge in [-0.15, -0.1) is 0 Å². The number of carbonyl (C=O) groups is 1. The van der Waals surface area contributed by atoms with Crippen LogP contribution in [0.1, 0.15) is 22.3 Å². The Labute approximate surface area is 79.1 Å². The Morgan fingerprint density at radius 2 is 2.42 bits per heavy atom. The van der Waals surface area contributed by atoms with E-state index in [-0.39, 0.29) is 10.6 Å². The van der Waals surface area contributed by atoms with Crippen LogP contribution < -0.4 is 0 Å². The lowest BCUT2D eigenvalue weighted by atomic mass is 9.92. The van der Waals surface area contributed by atoms with Gasteiger partial charge in [-0.25, -0.2) is 0 Å². The number of nitrogens with zero attached hydrogens (tertiary/aromatic N) is 1. The number of aromatic nitrogens is 1. The second-order valence-electron chi connectivity index (χ2n) is 2.90. The molecule has 0 aliphatic heterocycles. The van der Waals surface area contributed by atoms with Crippen LogP contribution in [0.2, 0.25) is 0 Å². The second kappa shape index (κ2) is 2.98. The lowest BCUT2D eigenvalue weighted by Gasteiger charge is -2.17. The van der Waals surface area contributed by atoms with E-state index in [4.69, 9.17) is 0 Å². The first kappa shape index (κ1) is 7.92. The highest BCUT2D eigenvalue weighted by atomic mass is 79.9. The summed E-state index contributed by atoms with van der Waals surface area (Å²) >= 11 is 3.35. The van der Waals surface area contributed by atoms with E-state index < -0.39 is 0 Å². The molecule has 1 unspecified atom stereocenters. The van der Waals surface area contributed by atoms with Gasteiger partial charge in [-0.2, -0.15) is 0 Å². The van der Waals surface area contributed by atoms with Gasteiger partial charge in [-0.3, -0.25) is 9.78 Å². The Morgan fingerprint density at radius 1 is 1.58 bits per heavy atom. The van der Waals surface area contributed by atoms with Crippen LogP contribution >= 0.6 is 15.9 Å². The number of fused-ring (bicyclic) bond motifs is 1. The average Bonchev–Trinajstić information content (AvgIpc) is 2.12. The van der Waals surface area contributed by atoms with Crippen molar-refractivity contribution in [3.05, 3.63) is 29.6 Å². The Bertz CT molecular complexity index is 324. The van der Waals surface area contributed by atoms with Gasteiger partial charge in [0, 0.05) is 18.0 Å². The largest absolute Gasteiger partial charge is 0.293 e. The van der Waals surface area contributed by atoms with Crippen LogP contribution in [0.4, 0.5) is 0 Å². The number of carbonyl (C=O) groups excluding carboxylic acids is 1. The van der Waals surface area contributed by atoms with Crippen molar-refractivity contribution in [2.45, 2.75) is 17.7 Å². The number of aryl methyl sites for hydroxylation is 1. The maximum Gasteiger partial charge on any atom is 0.178 e. The molecule has 1 aliphatic carbocycles. The molecule has 0 amide bonds. The summed E-state index contributed by atoms with van der Waals surface area (Å²) in [7, 11) is 0. The number of hydrogen-bond acceptors (Lipinski definition) is 2. The zero-order valence-corrected chi connectivity index (χ0v) is 8.04. The van der Waals surface area contributed by atoms with Crippen LogP contribution in [0.15, 0.2) is 18.5 Å². The summed E-state index contributed by atoms with van der Waals surface area (Å²) in [5.41, 5.74) is 1.91. The molecular weight excluding hydrogens is 218 g/mol. The van der Waals surface area contributed by atoms with Crippen LogP contribution in [0.3, 0.4) is 0 Å². The summed E-state index contributed by atoms with van der Waals surface area (Å²) in [6.45, 7) is 0. The maximum atomic E-state index is 11.5. The van der Waals surface area contributed by atoms with Crippen molar-refractivity contribution in [1.29, 1.82) is 0 Å². The number of ketones is 1. The van der Waals surface area contributed by atoms with E-state index in [1.807, 2.05) is 6.07 Å². The van der Waals surface area contributed by atoms with Crippen LogP contribution in [0, 0.1) is 0 Å². The van der Waals surface area contributed by atoms with Crippen molar-refractivity contribution < 1.29 is 4.79 Å². The van der Waals surface area contributed by atoms with Gasteiger partial charge in [0.25, 0.3) is 0 Å². The third-order valence-electron chi connectivity index (χ3n) is 2.13. The van der Waals surface area contributed by atoms with E-state index in [0.29, 0.717) is 0 Å². The predicted molar refractivity (Wildman–Crippen MR) is 49.6 cm³/mol. The van der Waals surface area contributed by atoms with E-state index in [2.05, 4.69) is 20.9 Å². The normalized spacial score (nSPS) is 22.1. The molecular formula is C9H8BrNO. The maximum absolute atomic E-state index is 11.5. The third-order valence-corrected chi connectivity index (χ3v) is 3.00. The van der Waals surface area contributed by atoms with E-state index in [9.17, 15) is 4.79 Å². The van der Waals surface area contributed by atoms with Crippen LogP contribution in [-0.2, 0) is 6.42 Å². The zero-order chi connectivity index (χ0) is 8.55. The topological polar surface area (TPSA) is 30.0 Å². The van der Waals surface area contributed by atoms with E-state index in [0.717, 1.165) is 24.0 Å². The zero-order valence-electron chi connectivity index (χ0n) is 6.46. The Kier molecular flexibility index (Phi) is 1.97. The first-order valence-corrected chi connectivity index (χ1v) is 4.82. The summed E-state index contributed by atoms with van der Waals surface area (Å²) in [4.78, 5) is 15.5. The molecule has 1 aromatic rings. The fraction of sp³-hybridized carbons (Fsp3) is 0.333. The molecule has 3 heteroatoms. The van der Waals surface area contributed by atoms with Gasteiger partial charge < -0.3 is 0 Å². The van der Waals surface area contributed by atoms with Crippen LogP contribution in [0.25, 0.3) is 0 Å². The highest BCUT2D eigenvalue weighted by molar-refractivity contribution is 9.10. The van der Waals surface area contributed by atoms with Gasteiger partial charge in [-0.1, -0.05) is 15.9 Å². The predicted octanol–water partition coefficient (Wildman–Crippen LogP) is 1.97. The number of pyridine rings is 1. The summed E-state index contributed by atoms with van der Waals surface area (Å²) in [5.74, 6) is 0.171. The summed E-state index contributed by atoms with van der Waals surface area (Å²) in [6.07, 6.45) is 5.26. The van der Waals surface area contributed by atoms with E-state index in [1.54, 1.807) is 12.4 Å². The molecule has 0 aromatic carbocycles. The molecule has 1 atom stereocenters. The standard InChI is InChI=1S/C9H8BrNO/c10-8-2-1-6-3-4-11-5-7(6)9(8)12/h3-5,8H,1-2H2. The smallest absolute Gasteiger partial charge is 0.178 e. The lowest BCUT2D eigenvalue weighted by molar-refractivity contribution is 0.0981. The van der Waals surface area contributed by atoms with Crippen molar-refractivity contribution in [3.8, 4) is 0 Å². The third kappa shape index (κ3) is 1.18. The molecule has 0 N–H and O–H groups in total. The SMILES string of the molecule is O=C1c2cnccc2CCC1Br. The Morgan fingerprint density at radius 3 is 3.25 bits per heavy atom.